The minimum Gasteiger partial charge on any atom is -0.379 e. The molecule has 1 fully saturated rings. The molecule has 1 aliphatic rings. The summed E-state index contributed by atoms with van der Waals surface area (Å²) in [5.74, 6) is -0.155. The van der Waals surface area contributed by atoms with Gasteiger partial charge in [0.15, 0.2) is 0 Å². The second-order valence-electron chi connectivity index (χ2n) is 7.63. The Bertz CT molecular complexity index is 867. The number of carbonyl (C=O) groups is 2. The Morgan fingerprint density at radius 2 is 1.71 bits per heavy atom. The SMILES string of the molecule is CN(C)c1ccc(NC(=O)Nc2ccccc2)cc1C(=O)NCCCN1CCOCC1. The Morgan fingerprint density at radius 1 is 1.00 bits per heavy atom. The van der Waals surface area contributed by atoms with Crippen LogP contribution < -0.4 is 20.9 Å². The molecule has 0 saturated carbocycles. The Labute approximate surface area is 183 Å². The summed E-state index contributed by atoms with van der Waals surface area (Å²) in [7, 11) is 3.78. The zero-order valence-electron chi connectivity index (χ0n) is 18.2. The van der Waals surface area contributed by atoms with Crippen LogP contribution in [0.3, 0.4) is 0 Å². The standard InChI is InChI=1S/C23H31N5O3/c1-27(2)21-10-9-19(26-23(30)25-18-7-4-3-5-8-18)17-20(21)22(29)24-11-6-12-28-13-15-31-16-14-28/h3-5,7-10,17H,6,11-16H2,1-2H3,(H,24,29)(H2,25,26,30). The molecule has 8 nitrogen and oxygen atoms in total. The molecule has 8 heteroatoms. The van der Waals surface area contributed by atoms with Gasteiger partial charge in [-0.15, -0.1) is 0 Å². The van der Waals surface area contributed by atoms with Crippen LogP contribution in [-0.4, -0.2) is 70.3 Å². The Balaban J connectivity index is 1.58. The van der Waals surface area contributed by atoms with E-state index < -0.39 is 0 Å². The highest BCUT2D eigenvalue weighted by Crippen LogP contribution is 2.23. The smallest absolute Gasteiger partial charge is 0.323 e. The number of ether oxygens (including phenoxy) is 1. The predicted molar refractivity (Wildman–Crippen MR) is 124 cm³/mol. The van der Waals surface area contributed by atoms with Crippen molar-refractivity contribution in [3.05, 3.63) is 54.1 Å². The van der Waals surface area contributed by atoms with Gasteiger partial charge in [-0.05, 0) is 43.3 Å². The van der Waals surface area contributed by atoms with Crippen molar-refractivity contribution in [3.63, 3.8) is 0 Å². The maximum Gasteiger partial charge on any atom is 0.323 e. The lowest BCUT2D eigenvalue weighted by atomic mass is 10.1. The first-order valence-corrected chi connectivity index (χ1v) is 10.6. The number of anilines is 3. The van der Waals surface area contributed by atoms with Gasteiger partial charge in [0.2, 0.25) is 0 Å². The first-order chi connectivity index (χ1) is 15.0. The number of benzene rings is 2. The summed E-state index contributed by atoms with van der Waals surface area (Å²) < 4.78 is 5.36. The van der Waals surface area contributed by atoms with Crippen molar-refractivity contribution in [3.8, 4) is 0 Å². The van der Waals surface area contributed by atoms with Crippen molar-refractivity contribution >= 4 is 29.0 Å². The molecule has 0 aromatic heterocycles. The van der Waals surface area contributed by atoms with Gasteiger partial charge < -0.3 is 25.6 Å². The van der Waals surface area contributed by atoms with Gasteiger partial charge in [0.25, 0.3) is 5.91 Å². The zero-order chi connectivity index (χ0) is 22.1. The lowest BCUT2D eigenvalue weighted by Gasteiger charge is -2.26. The fourth-order valence-corrected chi connectivity index (χ4v) is 3.43. The average Bonchev–Trinajstić information content (AvgIpc) is 2.77. The van der Waals surface area contributed by atoms with Crippen LogP contribution in [0, 0.1) is 0 Å². The third-order valence-electron chi connectivity index (χ3n) is 5.05. The molecule has 1 aliphatic heterocycles. The number of nitrogens with zero attached hydrogens (tertiary/aromatic N) is 2. The number of rotatable bonds is 8. The monoisotopic (exact) mass is 425 g/mol. The normalized spacial score (nSPS) is 14.0. The van der Waals surface area contributed by atoms with Crippen LogP contribution in [-0.2, 0) is 4.74 Å². The van der Waals surface area contributed by atoms with Crippen LogP contribution in [0.5, 0.6) is 0 Å². The molecule has 0 bridgehead atoms. The molecule has 3 amide bonds. The number of amides is 3. The van der Waals surface area contributed by atoms with Crippen LogP contribution >= 0.6 is 0 Å². The average molecular weight is 426 g/mol. The van der Waals surface area contributed by atoms with Crippen molar-refractivity contribution in [2.24, 2.45) is 0 Å². The highest BCUT2D eigenvalue weighted by molar-refractivity contribution is 6.03. The molecule has 0 radical (unpaired) electrons. The Morgan fingerprint density at radius 3 is 2.42 bits per heavy atom. The molecule has 2 aromatic carbocycles. The summed E-state index contributed by atoms with van der Waals surface area (Å²) in [6, 6.07) is 14.2. The number of para-hydroxylation sites is 1. The molecular formula is C23H31N5O3. The summed E-state index contributed by atoms with van der Waals surface area (Å²) in [6.07, 6.45) is 0.875. The highest BCUT2D eigenvalue weighted by atomic mass is 16.5. The number of urea groups is 1. The zero-order valence-corrected chi connectivity index (χ0v) is 18.2. The fraction of sp³-hybridized carbons (Fsp3) is 0.391. The molecule has 1 saturated heterocycles. The van der Waals surface area contributed by atoms with Gasteiger partial charge in [0.1, 0.15) is 0 Å². The molecule has 31 heavy (non-hydrogen) atoms. The molecule has 0 atom stereocenters. The van der Waals surface area contributed by atoms with Crippen molar-refractivity contribution in [1.29, 1.82) is 0 Å². The van der Waals surface area contributed by atoms with Crippen LogP contribution in [0.25, 0.3) is 0 Å². The molecule has 1 heterocycles. The lowest BCUT2D eigenvalue weighted by molar-refractivity contribution is 0.0374. The Kier molecular flexibility index (Phi) is 8.26. The number of hydrogen-bond acceptors (Lipinski definition) is 5. The predicted octanol–water partition coefficient (Wildman–Crippen LogP) is 2.85. The first kappa shape index (κ1) is 22.6. The molecule has 0 unspecified atom stereocenters. The van der Waals surface area contributed by atoms with Gasteiger partial charge in [0, 0.05) is 50.8 Å². The summed E-state index contributed by atoms with van der Waals surface area (Å²) in [6.45, 7) is 4.96. The quantitative estimate of drug-likeness (QED) is 0.567. The van der Waals surface area contributed by atoms with Crippen molar-refractivity contribution in [1.82, 2.24) is 10.2 Å². The van der Waals surface area contributed by atoms with E-state index in [2.05, 4.69) is 20.9 Å². The molecule has 3 rings (SSSR count). The second-order valence-corrected chi connectivity index (χ2v) is 7.63. The summed E-state index contributed by atoms with van der Waals surface area (Å²) >= 11 is 0. The van der Waals surface area contributed by atoms with Crippen LogP contribution in [0.4, 0.5) is 21.9 Å². The van der Waals surface area contributed by atoms with Gasteiger partial charge in [-0.25, -0.2) is 4.79 Å². The van der Waals surface area contributed by atoms with Crippen LogP contribution in [0.2, 0.25) is 0 Å². The van der Waals surface area contributed by atoms with E-state index in [0.29, 0.717) is 23.5 Å². The maximum atomic E-state index is 12.9. The van der Waals surface area contributed by atoms with Crippen molar-refractivity contribution in [2.75, 3.05) is 69.0 Å². The highest BCUT2D eigenvalue weighted by Gasteiger charge is 2.15. The van der Waals surface area contributed by atoms with Gasteiger partial charge in [-0.2, -0.15) is 0 Å². The fourth-order valence-electron chi connectivity index (χ4n) is 3.43. The van der Waals surface area contributed by atoms with Crippen LogP contribution in [0.15, 0.2) is 48.5 Å². The van der Waals surface area contributed by atoms with Gasteiger partial charge in [-0.3, -0.25) is 9.69 Å². The van der Waals surface area contributed by atoms with Gasteiger partial charge in [0.05, 0.1) is 18.8 Å². The summed E-state index contributed by atoms with van der Waals surface area (Å²) in [4.78, 5) is 29.4. The number of morpholine rings is 1. The van der Waals surface area contributed by atoms with E-state index in [1.54, 1.807) is 12.1 Å². The van der Waals surface area contributed by atoms with Crippen molar-refractivity contribution in [2.45, 2.75) is 6.42 Å². The number of nitrogens with one attached hydrogen (secondary N) is 3. The molecule has 166 valence electrons. The molecule has 2 aromatic rings. The summed E-state index contributed by atoms with van der Waals surface area (Å²) in [5, 5.41) is 8.57. The summed E-state index contributed by atoms with van der Waals surface area (Å²) in [5.41, 5.74) is 2.56. The molecule has 3 N–H and O–H groups in total. The van der Waals surface area contributed by atoms with E-state index in [0.717, 1.165) is 45.0 Å². The minimum absolute atomic E-state index is 0.155. The van der Waals surface area contributed by atoms with Gasteiger partial charge >= 0.3 is 6.03 Å². The topological polar surface area (TPSA) is 85.9 Å². The van der Waals surface area contributed by atoms with E-state index in [4.69, 9.17) is 4.74 Å². The van der Waals surface area contributed by atoms with Gasteiger partial charge in [-0.1, -0.05) is 18.2 Å². The maximum absolute atomic E-state index is 12.9. The second kappa shape index (κ2) is 11.3. The minimum atomic E-state index is -0.360. The Hall–Kier alpha value is -3.10. The third-order valence-corrected chi connectivity index (χ3v) is 5.05. The molecule has 0 aliphatic carbocycles. The van der Waals surface area contributed by atoms with E-state index in [-0.39, 0.29) is 11.9 Å². The molecular weight excluding hydrogens is 394 g/mol. The van der Waals surface area contributed by atoms with E-state index in [1.807, 2.05) is 55.4 Å². The largest absolute Gasteiger partial charge is 0.379 e. The van der Waals surface area contributed by atoms with E-state index in [9.17, 15) is 9.59 Å². The lowest BCUT2D eigenvalue weighted by Crippen LogP contribution is -2.38. The van der Waals surface area contributed by atoms with E-state index in [1.165, 1.54) is 0 Å². The first-order valence-electron chi connectivity index (χ1n) is 10.6. The van der Waals surface area contributed by atoms with E-state index >= 15 is 0 Å². The van der Waals surface area contributed by atoms with Crippen molar-refractivity contribution < 1.29 is 14.3 Å². The third kappa shape index (κ3) is 6.97. The number of hydrogen-bond donors (Lipinski definition) is 3. The molecule has 0 spiro atoms. The van der Waals surface area contributed by atoms with Crippen LogP contribution in [0.1, 0.15) is 16.8 Å². The number of carbonyl (C=O) groups excluding carboxylic acids is 2.